The fraction of sp³-hybridized carbons (Fsp3) is 0.462. The van der Waals surface area contributed by atoms with Gasteiger partial charge >= 0.3 is 5.97 Å². The molecular weight excluding hydrogens is 218 g/mol. The summed E-state index contributed by atoms with van der Waals surface area (Å²) in [7, 11) is 3.05. The Morgan fingerprint density at radius 3 is 2.94 bits per heavy atom. The minimum absolute atomic E-state index is 0.208. The smallest absolute Gasteiger partial charge is 0.328 e. The molecule has 1 aliphatic rings. The molecule has 0 amide bonds. The Bertz CT molecular complexity index is 417. The molecule has 1 N–H and O–H groups in total. The zero-order valence-electron chi connectivity index (χ0n) is 10.2. The highest BCUT2D eigenvalue weighted by Crippen LogP contribution is 2.28. The van der Waals surface area contributed by atoms with Crippen molar-refractivity contribution in [3.63, 3.8) is 0 Å². The largest absolute Gasteiger partial charge is 0.497 e. The SMILES string of the molecule is COC(=O)C1CCCc2ccc(OC)cc2N1. The number of hydrogen-bond acceptors (Lipinski definition) is 4. The molecule has 0 aromatic heterocycles. The van der Waals surface area contributed by atoms with Crippen molar-refractivity contribution >= 4 is 11.7 Å². The minimum Gasteiger partial charge on any atom is -0.497 e. The average molecular weight is 235 g/mol. The highest BCUT2D eigenvalue weighted by molar-refractivity contribution is 5.80. The normalized spacial score (nSPS) is 18.6. The average Bonchev–Trinajstić information content (AvgIpc) is 2.58. The first kappa shape index (κ1) is 11.8. The molecule has 1 heterocycles. The number of rotatable bonds is 2. The number of benzene rings is 1. The minimum atomic E-state index is -0.256. The first-order valence-electron chi connectivity index (χ1n) is 5.76. The van der Waals surface area contributed by atoms with E-state index in [1.165, 1.54) is 12.7 Å². The molecule has 17 heavy (non-hydrogen) atoms. The van der Waals surface area contributed by atoms with Gasteiger partial charge in [0.25, 0.3) is 0 Å². The third-order valence-corrected chi connectivity index (χ3v) is 3.07. The monoisotopic (exact) mass is 235 g/mol. The van der Waals surface area contributed by atoms with Gasteiger partial charge in [-0.05, 0) is 30.9 Å². The molecule has 4 nitrogen and oxygen atoms in total. The van der Waals surface area contributed by atoms with Crippen LogP contribution < -0.4 is 10.1 Å². The quantitative estimate of drug-likeness (QED) is 0.796. The second-order valence-corrected chi connectivity index (χ2v) is 4.14. The van der Waals surface area contributed by atoms with Gasteiger partial charge in [-0.15, -0.1) is 0 Å². The Balaban J connectivity index is 2.25. The molecule has 0 bridgehead atoms. The zero-order chi connectivity index (χ0) is 12.3. The summed E-state index contributed by atoms with van der Waals surface area (Å²) in [5.74, 6) is 0.586. The number of ether oxygens (including phenoxy) is 2. The zero-order valence-corrected chi connectivity index (χ0v) is 10.2. The van der Waals surface area contributed by atoms with Gasteiger partial charge in [-0.3, -0.25) is 0 Å². The number of anilines is 1. The summed E-state index contributed by atoms with van der Waals surface area (Å²) in [6.45, 7) is 0. The fourth-order valence-electron chi connectivity index (χ4n) is 2.11. The Morgan fingerprint density at radius 2 is 2.24 bits per heavy atom. The topological polar surface area (TPSA) is 47.6 Å². The molecule has 92 valence electrons. The van der Waals surface area contributed by atoms with E-state index in [-0.39, 0.29) is 12.0 Å². The van der Waals surface area contributed by atoms with Crippen molar-refractivity contribution in [1.29, 1.82) is 0 Å². The van der Waals surface area contributed by atoms with E-state index < -0.39 is 0 Å². The van der Waals surface area contributed by atoms with E-state index in [0.717, 1.165) is 30.7 Å². The molecule has 1 atom stereocenters. The van der Waals surface area contributed by atoms with E-state index in [9.17, 15) is 4.79 Å². The van der Waals surface area contributed by atoms with Crippen LogP contribution in [0.1, 0.15) is 18.4 Å². The molecule has 1 aromatic carbocycles. The lowest BCUT2D eigenvalue weighted by Crippen LogP contribution is -2.29. The van der Waals surface area contributed by atoms with Crippen LogP contribution in [0.4, 0.5) is 5.69 Å². The lowest BCUT2D eigenvalue weighted by atomic mass is 10.1. The Morgan fingerprint density at radius 1 is 1.41 bits per heavy atom. The molecule has 0 fully saturated rings. The van der Waals surface area contributed by atoms with Gasteiger partial charge in [-0.1, -0.05) is 6.07 Å². The molecule has 0 saturated carbocycles. The van der Waals surface area contributed by atoms with E-state index in [2.05, 4.69) is 5.32 Å². The Labute approximate surface area is 101 Å². The fourth-order valence-corrected chi connectivity index (χ4v) is 2.11. The Hall–Kier alpha value is -1.71. The molecule has 0 saturated heterocycles. The van der Waals surface area contributed by atoms with E-state index in [0.29, 0.717) is 0 Å². The maximum atomic E-state index is 11.6. The predicted octanol–water partition coefficient (Wildman–Crippen LogP) is 1.98. The van der Waals surface area contributed by atoms with Gasteiger partial charge < -0.3 is 14.8 Å². The maximum absolute atomic E-state index is 11.6. The summed E-state index contributed by atoms with van der Waals surface area (Å²) in [5, 5.41) is 3.23. The van der Waals surface area contributed by atoms with Gasteiger partial charge in [0.15, 0.2) is 0 Å². The van der Waals surface area contributed by atoms with Gasteiger partial charge in [0.05, 0.1) is 14.2 Å². The van der Waals surface area contributed by atoms with E-state index in [1.807, 2.05) is 18.2 Å². The number of carbonyl (C=O) groups is 1. The van der Waals surface area contributed by atoms with E-state index in [4.69, 9.17) is 9.47 Å². The molecule has 0 radical (unpaired) electrons. The lowest BCUT2D eigenvalue weighted by molar-refractivity contribution is -0.141. The predicted molar refractivity (Wildman–Crippen MR) is 65.4 cm³/mol. The van der Waals surface area contributed by atoms with Crippen molar-refractivity contribution < 1.29 is 14.3 Å². The van der Waals surface area contributed by atoms with Crippen molar-refractivity contribution in [2.75, 3.05) is 19.5 Å². The Kier molecular flexibility index (Phi) is 3.52. The number of carbonyl (C=O) groups excluding carboxylic acids is 1. The first-order valence-corrected chi connectivity index (χ1v) is 5.76. The number of aryl methyl sites for hydroxylation is 1. The van der Waals surface area contributed by atoms with Crippen molar-refractivity contribution in [3.8, 4) is 5.75 Å². The number of nitrogens with one attached hydrogen (secondary N) is 1. The van der Waals surface area contributed by atoms with Crippen LogP contribution in [0.3, 0.4) is 0 Å². The van der Waals surface area contributed by atoms with E-state index >= 15 is 0 Å². The standard InChI is InChI=1S/C13H17NO3/c1-16-10-7-6-9-4-3-5-11(13(15)17-2)14-12(9)8-10/h6-8,11,14H,3-5H2,1-2H3. The first-order chi connectivity index (χ1) is 8.24. The second-order valence-electron chi connectivity index (χ2n) is 4.14. The molecule has 1 aromatic rings. The van der Waals surface area contributed by atoms with E-state index in [1.54, 1.807) is 7.11 Å². The molecule has 0 spiro atoms. The molecule has 0 aliphatic carbocycles. The summed E-state index contributed by atoms with van der Waals surface area (Å²) in [4.78, 5) is 11.6. The van der Waals surface area contributed by atoms with Crippen LogP contribution in [0.5, 0.6) is 5.75 Å². The number of hydrogen-bond donors (Lipinski definition) is 1. The van der Waals surface area contributed by atoms with Crippen molar-refractivity contribution in [1.82, 2.24) is 0 Å². The third-order valence-electron chi connectivity index (χ3n) is 3.07. The number of methoxy groups -OCH3 is 2. The number of fused-ring (bicyclic) bond motifs is 1. The van der Waals surface area contributed by atoms with Crippen LogP contribution in [-0.2, 0) is 16.0 Å². The van der Waals surface area contributed by atoms with Gasteiger partial charge in [-0.2, -0.15) is 0 Å². The van der Waals surface area contributed by atoms with Crippen LogP contribution in [0.2, 0.25) is 0 Å². The third kappa shape index (κ3) is 2.52. The van der Waals surface area contributed by atoms with Crippen molar-refractivity contribution in [2.45, 2.75) is 25.3 Å². The van der Waals surface area contributed by atoms with Gasteiger partial charge in [0, 0.05) is 11.8 Å². The second kappa shape index (κ2) is 5.08. The van der Waals surface area contributed by atoms with Crippen LogP contribution in [0.25, 0.3) is 0 Å². The molecule has 1 aliphatic heterocycles. The van der Waals surface area contributed by atoms with Crippen LogP contribution in [0.15, 0.2) is 18.2 Å². The summed E-state index contributed by atoms with van der Waals surface area (Å²) in [6.07, 6.45) is 2.75. The molecule has 1 unspecified atom stereocenters. The number of esters is 1. The van der Waals surface area contributed by atoms with Crippen LogP contribution in [0, 0.1) is 0 Å². The van der Waals surface area contributed by atoms with Crippen LogP contribution in [-0.4, -0.2) is 26.2 Å². The summed E-state index contributed by atoms with van der Waals surface area (Å²) < 4.78 is 9.97. The summed E-state index contributed by atoms with van der Waals surface area (Å²) >= 11 is 0. The lowest BCUT2D eigenvalue weighted by Gasteiger charge is -2.16. The highest BCUT2D eigenvalue weighted by atomic mass is 16.5. The highest BCUT2D eigenvalue weighted by Gasteiger charge is 2.22. The van der Waals surface area contributed by atoms with Crippen molar-refractivity contribution in [2.24, 2.45) is 0 Å². The van der Waals surface area contributed by atoms with Gasteiger partial charge in [-0.25, -0.2) is 4.79 Å². The molecule has 4 heteroatoms. The van der Waals surface area contributed by atoms with Gasteiger partial charge in [0.2, 0.25) is 0 Å². The van der Waals surface area contributed by atoms with Gasteiger partial charge in [0.1, 0.15) is 11.8 Å². The van der Waals surface area contributed by atoms with Crippen LogP contribution >= 0.6 is 0 Å². The summed E-state index contributed by atoms with van der Waals surface area (Å²) in [6, 6.07) is 5.66. The summed E-state index contributed by atoms with van der Waals surface area (Å²) in [5.41, 5.74) is 2.19. The van der Waals surface area contributed by atoms with Crippen molar-refractivity contribution in [3.05, 3.63) is 23.8 Å². The molecular formula is C13H17NO3. The molecule has 2 rings (SSSR count). The maximum Gasteiger partial charge on any atom is 0.328 e.